The summed E-state index contributed by atoms with van der Waals surface area (Å²) >= 11 is 3.55. The molecular weight excluding hydrogens is 314 g/mol. The summed E-state index contributed by atoms with van der Waals surface area (Å²) in [6, 6.07) is 8.48. The van der Waals surface area contributed by atoms with Gasteiger partial charge in [0, 0.05) is 11.0 Å². The van der Waals surface area contributed by atoms with Gasteiger partial charge in [0.05, 0.1) is 12.7 Å². The van der Waals surface area contributed by atoms with Crippen molar-refractivity contribution in [3.05, 3.63) is 34.3 Å². The first-order valence-corrected chi connectivity index (χ1v) is 8.66. The maximum Gasteiger partial charge on any atom is 0.0949 e. The van der Waals surface area contributed by atoms with Crippen LogP contribution in [0.15, 0.2) is 28.7 Å². The highest BCUT2D eigenvalue weighted by molar-refractivity contribution is 9.10. The largest absolute Gasteiger partial charge is 0.372 e. The highest BCUT2D eigenvalue weighted by atomic mass is 79.9. The van der Waals surface area contributed by atoms with Gasteiger partial charge in [0.2, 0.25) is 0 Å². The number of likely N-dealkylation sites (N-methyl/N-ethyl adjacent to an activating group) is 1. The molecule has 1 aromatic carbocycles. The first kappa shape index (κ1) is 16.0. The van der Waals surface area contributed by atoms with Crippen LogP contribution in [-0.4, -0.2) is 19.7 Å². The monoisotopic (exact) mass is 339 g/mol. The molecule has 1 fully saturated rings. The second kappa shape index (κ2) is 8.81. The SMILES string of the molecule is CCNCC(OCC1CCCCC1)c1cccc(Br)c1. The van der Waals surface area contributed by atoms with E-state index in [-0.39, 0.29) is 6.10 Å². The van der Waals surface area contributed by atoms with E-state index < -0.39 is 0 Å². The molecule has 0 saturated heterocycles. The fourth-order valence-corrected chi connectivity index (χ4v) is 3.28. The maximum atomic E-state index is 6.24. The van der Waals surface area contributed by atoms with Crippen LogP contribution in [0.1, 0.15) is 50.7 Å². The third-order valence-corrected chi connectivity index (χ3v) is 4.55. The minimum atomic E-state index is 0.161. The second-order valence-corrected chi connectivity index (χ2v) is 6.60. The Morgan fingerprint density at radius 2 is 2.10 bits per heavy atom. The standard InChI is InChI=1S/C17H26BrNO/c1-2-19-12-17(15-9-6-10-16(18)11-15)20-13-14-7-4-3-5-8-14/h6,9-11,14,17,19H,2-5,7-8,12-13H2,1H3. The van der Waals surface area contributed by atoms with Gasteiger partial charge in [-0.1, -0.05) is 54.2 Å². The second-order valence-electron chi connectivity index (χ2n) is 5.69. The van der Waals surface area contributed by atoms with Crippen LogP contribution in [-0.2, 0) is 4.74 Å². The zero-order valence-corrected chi connectivity index (χ0v) is 14.0. The van der Waals surface area contributed by atoms with E-state index >= 15 is 0 Å². The van der Waals surface area contributed by atoms with Gasteiger partial charge in [-0.05, 0) is 43.0 Å². The molecule has 1 N–H and O–H groups in total. The number of hydrogen-bond acceptors (Lipinski definition) is 2. The van der Waals surface area contributed by atoms with Crippen molar-refractivity contribution in [3.8, 4) is 0 Å². The Balaban J connectivity index is 1.92. The van der Waals surface area contributed by atoms with Crippen LogP contribution in [0.4, 0.5) is 0 Å². The van der Waals surface area contributed by atoms with Crippen molar-refractivity contribution in [3.63, 3.8) is 0 Å². The van der Waals surface area contributed by atoms with E-state index in [9.17, 15) is 0 Å². The van der Waals surface area contributed by atoms with Gasteiger partial charge in [-0.25, -0.2) is 0 Å². The minimum absolute atomic E-state index is 0.161. The maximum absolute atomic E-state index is 6.24. The molecule has 3 heteroatoms. The number of nitrogens with one attached hydrogen (secondary N) is 1. The molecule has 1 atom stereocenters. The predicted molar refractivity (Wildman–Crippen MR) is 88.0 cm³/mol. The smallest absolute Gasteiger partial charge is 0.0949 e. The summed E-state index contributed by atoms with van der Waals surface area (Å²) in [4.78, 5) is 0. The van der Waals surface area contributed by atoms with Gasteiger partial charge in [-0.3, -0.25) is 0 Å². The van der Waals surface area contributed by atoms with E-state index in [2.05, 4.69) is 52.4 Å². The zero-order chi connectivity index (χ0) is 14.2. The quantitative estimate of drug-likeness (QED) is 0.777. The first-order chi connectivity index (χ1) is 9.79. The zero-order valence-electron chi connectivity index (χ0n) is 12.4. The van der Waals surface area contributed by atoms with E-state index in [0.717, 1.165) is 30.1 Å². The molecule has 1 saturated carbocycles. The fourth-order valence-electron chi connectivity index (χ4n) is 2.86. The lowest BCUT2D eigenvalue weighted by Crippen LogP contribution is -2.25. The number of ether oxygens (including phenoxy) is 1. The molecule has 0 aromatic heterocycles. The van der Waals surface area contributed by atoms with Crippen LogP contribution < -0.4 is 5.32 Å². The third kappa shape index (κ3) is 5.19. The van der Waals surface area contributed by atoms with Crippen molar-refractivity contribution in [2.75, 3.05) is 19.7 Å². The summed E-state index contributed by atoms with van der Waals surface area (Å²) < 4.78 is 7.36. The van der Waals surface area contributed by atoms with Gasteiger partial charge in [0.1, 0.15) is 0 Å². The van der Waals surface area contributed by atoms with Crippen molar-refractivity contribution < 1.29 is 4.74 Å². The van der Waals surface area contributed by atoms with Gasteiger partial charge in [-0.15, -0.1) is 0 Å². The highest BCUT2D eigenvalue weighted by Gasteiger charge is 2.17. The molecule has 0 aliphatic heterocycles. The van der Waals surface area contributed by atoms with Crippen molar-refractivity contribution in [2.24, 2.45) is 5.92 Å². The molecule has 0 spiro atoms. The molecule has 1 aliphatic rings. The fraction of sp³-hybridized carbons (Fsp3) is 0.647. The van der Waals surface area contributed by atoms with E-state index in [1.54, 1.807) is 0 Å². The minimum Gasteiger partial charge on any atom is -0.372 e. The number of hydrogen-bond donors (Lipinski definition) is 1. The Bertz CT molecular complexity index is 390. The topological polar surface area (TPSA) is 21.3 Å². The van der Waals surface area contributed by atoms with E-state index in [0.29, 0.717) is 0 Å². The summed E-state index contributed by atoms with van der Waals surface area (Å²) in [6.07, 6.45) is 7.00. The summed E-state index contributed by atoms with van der Waals surface area (Å²) in [5.74, 6) is 0.764. The van der Waals surface area contributed by atoms with Crippen molar-refractivity contribution in [1.29, 1.82) is 0 Å². The van der Waals surface area contributed by atoms with Crippen LogP contribution in [0.3, 0.4) is 0 Å². The van der Waals surface area contributed by atoms with Gasteiger partial charge < -0.3 is 10.1 Å². The summed E-state index contributed by atoms with van der Waals surface area (Å²) in [7, 11) is 0. The molecule has 2 nitrogen and oxygen atoms in total. The lowest BCUT2D eigenvalue weighted by molar-refractivity contribution is 0.0202. The normalized spacial score (nSPS) is 18.1. The van der Waals surface area contributed by atoms with Gasteiger partial charge in [0.15, 0.2) is 0 Å². The summed E-state index contributed by atoms with van der Waals surface area (Å²) in [5.41, 5.74) is 1.26. The number of halogens is 1. The van der Waals surface area contributed by atoms with Crippen LogP contribution in [0.5, 0.6) is 0 Å². The van der Waals surface area contributed by atoms with E-state index in [1.807, 2.05) is 0 Å². The van der Waals surface area contributed by atoms with Crippen molar-refractivity contribution in [1.82, 2.24) is 5.32 Å². The van der Waals surface area contributed by atoms with Crippen molar-refractivity contribution >= 4 is 15.9 Å². The van der Waals surface area contributed by atoms with E-state index in [1.165, 1.54) is 37.7 Å². The van der Waals surface area contributed by atoms with Crippen molar-refractivity contribution in [2.45, 2.75) is 45.1 Å². The number of rotatable bonds is 7. The summed E-state index contributed by atoms with van der Waals surface area (Å²) in [6.45, 7) is 4.92. The highest BCUT2D eigenvalue weighted by Crippen LogP contribution is 2.27. The molecule has 1 aliphatic carbocycles. The lowest BCUT2D eigenvalue weighted by atomic mass is 9.90. The van der Waals surface area contributed by atoms with Gasteiger partial charge in [-0.2, -0.15) is 0 Å². The third-order valence-electron chi connectivity index (χ3n) is 4.06. The van der Waals surface area contributed by atoms with E-state index in [4.69, 9.17) is 4.74 Å². The molecule has 0 amide bonds. The predicted octanol–water partition coefficient (Wildman–Crippen LogP) is 4.70. The van der Waals surface area contributed by atoms with Crippen LogP contribution in [0, 0.1) is 5.92 Å². The molecular formula is C17H26BrNO. The number of benzene rings is 1. The van der Waals surface area contributed by atoms with Gasteiger partial charge >= 0.3 is 0 Å². The van der Waals surface area contributed by atoms with Crippen LogP contribution >= 0.6 is 15.9 Å². The Morgan fingerprint density at radius 3 is 2.80 bits per heavy atom. The van der Waals surface area contributed by atoms with Crippen LogP contribution in [0.2, 0.25) is 0 Å². The molecule has 112 valence electrons. The average Bonchev–Trinajstić information content (AvgIpc) is 2.48. The summed E-state index contributed by atoms with van der Waals surface area (Å²) in [5, 5.41) is 3.41. The molecule has 20 heavy (non-hydrogen) atoms. The molecule has 1 unspecified atom stereocenters. The molecule has 0 heterocycles. The van der Waals surface area contributed by atoms with Gasteiger partial charge in [0.25, 0.3) is 0 Å². The Morgan fingerprint density at radius 1 is 1.30 bits per heavy atom. The molecule has 0 radical (unpaired) electrons. The lowest BCUT2D eigenvalue weighted by Gasteiger charge is -2.25. The molecule has 2 rings (SSSR count). The van der Waals surface area contributed by atoms with Crippen LogP contribution in [0.25, 0.3) is 0 Å². The Hall–Kier alpha value is -0.380. The average molecular weight is 340 g/mol. The molecule has 1 aromatic rings. The molecule has 0 bridgehead atoms. The Labute approximate surface area is 131 Å². The first-order valence-electron chi connectivity index (χ1n) is 7.87. The Kier molecular flexibility index (Phi) is 7.05.